The van der Waals surface area contributed by atoms with Crippen LogP contribution in [-0.4, -0.2) is 9.13 Å². The van der Waals surface area contributed by atoms with E-state index in [0.717, 1.165) is 18.7 Å². The van der Waals surface area contributed by atoms with Crippen LogP contribution >= 0.6 is 0 Å². The number of fused-ring (bicyclic) bond motifs is 2. The van der Waals surface area contributed by atoms with E-state index in [1.807, 2.05) is 0 Å². The quantitative estimate of drug-likeness (QED) is 0.368. The third-order valence-electron chi connectivity index (χ3n) is 6.32. The maximum atomic E-state index is 4.65. The molecule has 0 aliphatic heterocycles. The van der Waals surface area contributed by atoms with Crippen LogP contribution in [0.5, 0.6) is 0 Å². The third kappa shape index (κ3) is 2.40. The lowest BCUT2D eigenvalue weighted by atomic mass is 9.94. The Morgan fingerprint density at radius 3 is 1.46 bits per heavy atom. The molecule has 0 spiro atoms. The van der Waals surface area contributed by atoms with Crippen LogP contribution in [0.4, 0.5) is 0 Å². The summed E-state index contributed by atoms with van der Waals surface area (Å²) in [6, 6.07) is 13.2. The molecule has 0 aliphatic carbocycles. The largest absolute Gasteiger partial charge is 0.344 e. The lowest BCUT2D eigenvalue weighted by Gasteiger charge is -2.10. The maximum absolute atomic E-state index is 4.65. The molecule has 2 heterocycles. The summed E-state index contributed by atoms with van der Waals surface area (Å²) < 4.78 is 4.87. The third-order valence-corrected chi connectivity index (χ3v) is 6.32. The molecule has 0 fully saturated rings. The second kappa shape index (κ2) is 6.70. The number of aromatic nitrogens is 2. The van der Waals surface area contributed by atoms with Gasteiger partial charge in [0.25, 0.3) is 0 Å². The molecule has 0 bridgehead atoms. The fourth-order valence-electron chi connectivity index (χ4n) is 5.11. The molecule has 2 heteroatoms. The van der Waals surface area contributed by atoms with Crippen molar-refractivity contribution >= 4 is 27.4 Å². The summed E-state index contributed by atoms with van der Waals surface area (Å²) in [6.07, 6.45) is 0. The second-order valence-electron chi connectivity index (χ2n) is 7.83. The maximum Gasteiger partial charge on any atom is 0.0518 e. The number of hydrogen-bond donors (Lipinski definition) is 0. The molecule has 4 aromatic rings. The van der Waals surface area contributed by atoms with Gasteiger partial charge in [-0.15, -0.1) is 0 Å². The van der Waals surface area contributed by atoms with Crippen molar-refractivity contribution in [3.8, 4) is 0 Å². The first kappa shape index (κ1) is 18.6. The molecule has 0 saturated carbocycles. The number of aryl methyl sites for hydroxylation is 4. The number of rotatable bonds is 4. The van der Waals surface area contributed by atoms with Crippen LogP contribution in [0.25, 0.3) is 27.4 Å². The number of para-hydroxylation sites is 2. The van der Waals surface area contributed by atoms with E-state index < -0.39 is 0 Å². The first-order valence-corrected chi connectivity index (χ1v) is 10.3. The van der Waals surface area contributed by atoms with Gasteiger partial charge in [-0.2, -0.15) is 0 Å². The van der Waals surface area contributed by atoms with Gasteiger partial charge in [-0.1, -0.05) is 43.0 Å². The second-order valence-corrected chi connectivity index (χ2v) is 7.83. The fraction of sp³-hybridized carbons (Fsp3) is 0.308. The normalized spacial score (nSPS) is 11.6. The summed E-state index contributed by atoms with van der Waals surface area (Å²) in [7, 11) is 0. The number of nitrogens with zero attached hydrogens (tertiary/aromatic N) is 2. The van der Waals surface area contributed by atoms with Crippen LogP contribution in [0.3, 0.4) is 0 Å². The van der Waals surface area contributed by atoms with Gasteiger partial charge in [0.15, 0.2) is 0 Å². The molecular formula is C26H30N2. The highest BCUT2D eigenvalue weighted by Crippen LogP contribution is 2.40. The topological polar surface area (TPSA) is 9.86 Å². The van der Waals surface area contributed by atoms with Gasteiger partial charge in [-0.3, -0.25) is 0 Å². The lowest BCUT2D eigenvalue weighted by Crippen LogP contribution is -2.00. The minimum Gasteiger partial charge on any atom is -0.344 e. The van der Waals surface area contributed by atoms with Gasteiger partial charge < -0.3 is 9.13 Å². The van der Waals surface area contributed by atoms with Crippen molar-refractivity contribution in [1.29, 1.82) is 0 Å². The van der Waals surface area contributed by atoms with Gasteiger partial charge in [0.1, 0.15) is 0 Å². The van der Waals surface area contributed by atoms with Crippen molar-refractivity contribution in [2.75, 3.05) is 0 Å². The van der Waals surface area contributed by atoms with E-state index in [2.05, 4.69) is 93.7 Å². The van der Waals surface area contributed by atoms with Gasteiger partial charge in [0, 0.05) is 46.4 Å². The van der Waals surface area contributed by atoms with Crippen LogP contribution in [0.15, 0.2) is 43.0 Å². The van der Waals surface area contributed by atoms with Gasteiger partial charge >= 0.3 is 0 Å². The Hall–Kier alpha value is -2.74. The highest BCUT2D eigenvalue weighted by Gasteiger charge is 2.23. The summed E-state index contributed by atoms with van der Waals surface area (Å²) >= 11 is 0. The first-order valence-electron chi connectivity index (χ1n) is 10.3. The zero-order chi connectivity index (χ0) is 20.2. The van der Waals surface area contributed by atoms with Gasteiger partial charge in [0.2, 0.25) is 0 Å². The number of benzene rings is 2. The Bertz CT molecular complexity index is 1140. The van der Waals surface area contributed by atoms with Crippen molar-refractivity contribution < 1.29 is 0 Å². The van der Waals surface area contributed by atoms with E-state index in [1.54, 1.807) is 0 Å². The van der Waals surface area contributed by atoms with Crippen LogP contribution in [-0.2, 0) is 13.1 Å². The molecule has 0 amide bonds. The Balaban J connectivity index is 2.08. The minimum absolute atomic E-state index is 0.968. The number of hydrogen-bond acceptors (Lipinski definition) is 0. The monoisotopic (exact) mass is 370 g/mol. The smallest absolute Gasteiger partial charge is 0.0518 e. The molecule has 28 heavy (non-hydrogen) atoms. The molecule has 2 aromatic heterocycles. The van der Waals surface area contributed by atoms with Crippen molar-refractivity contribution in [2.24, 2.45) is 0 Å². The highest BCUT2D eigenvalue weighted by atomic mass is 15.0. The molecule has 0 saturated heterocycles. The Morgan fingerprint density at radius 2 is 1.11 bits per heavy atom. The molecule has 4 rings (SSSR count). The summed E-state index contributed by atoms with van der Waals surface area (Å²) in [4.78, 5) is 0. The Labute approximate surface area is 168 Å². The Morgan fingerprint density at radius 1 is 0.714 bits per heavy atom. The van der Waals surface area contributed by atoms with Crippen molar-refractivity contribution in [1.82, 2.24) is 9.13 Å². The summed E-state index contributed by atoms with van der Waals surface area (Å²) in [5.41, 5.74) is 11.7. The van der Waals surface area contributed by atoms with E-state index in [4.69, 9.17) is 0 Å². The van der Waals surface area contributed by atoms with Gasteiger partial charge in [-0.05, 0) is 58.2 Å². The van der Waals surface area contributed by atoms with E-state index in [9.17, 15) is 0 Å². The lowest BCUT2D eigenvalue weighted by molar-refractivity contribution is 0.764. The Kier molecular flexibility index (Phi) is 4.45. The van der Waals surface area contributed by atoms with Crippen LogP contribution in [0, 0.1) is 27.7 Å². The van der Waals surface area contributed by atoms with Crippen molar-refractivity contribution in [3.63, 3.8) is 0 Å². The molecule has 0 aliphatic rings. The summed E-state index contributed by atoms with van der Waals surface area (Å²) in [5.74, 6) is 0. The van der Waals surface area contributed by atoms with E-state index in [0.29, 0.717) is 0 Å². The molecule has 0 unspecified atom stereocenters. The van der Waals surface area contributed by atoms with Gasteiger partial charge in [-0.25, -0.2) is 0 Å². The predicted molar refractivity (Wildman–Crippen MR) is 122 cm³/mol. The van der Waals surface area contributed by atoms with Crippen LogP contribution in [0.2, 0.25) is 0 Å². The zero-order valence-corrected chi connectivity index (χ0v) is 18.0. The average Bonchev–Trinajstić information content (AvgIpc) is 3.13. The molecule has 2 nitrogen and oxygen atoms in total. The van der Waals surface area contributed by atoms with E-state index in [-0.39, 0.29) is 0 Å². The van der Waals surface area contributed by atoms with Crippen molar-refractivity contribution in [2.45, 2.75) is 54.6 Å². The van der Waals surface area contributed by atoms with E-state index in [1.165, 1.54) is 55.4 Å². The van der Waals surface area contributed by atoms with Crippen LogP contribution < -0.4 is 0 Å². The average molecular weight is 371 g/mol. The van der Waals surface area contributed by atoms with E-state index >= 15 is 0 Å². The standard InChI is InChI=1S/C26H30N2/c1-8-27-19(6)23(21-14-10-12-16(3)25(21)27)18(5)24-20(7)28(9-2)26-17(4)13-11-15-22(24)26/h10-15H,5,8-9H2,1-4,6-7H3. The fourth-order valence-corrected chi connectivity index (χ4v) is 5.11. The zero-order valence-electron chi connectivity index (χ0n) is 18.0. The molecule has 0 N–H and O–H groups in total. The SMILES string of the molecule is C=C(c1c(C)n(CC)c2c(C)cccc12)c1c(C)n(CC)c2c(C)cccc12. The summed E-state index contributed by atoms with van der Waals surface area (Å²) in [5, 5.41) is 2.63. The molecule has 2 aromatic carbocycles. The minimum atomic E-state index is 0.968. The molecular weight excluding hydrogens is 340 g/mol. The molecule has 0 atom stereocenters. The molecule has 0 radical (unpaired) electrons. The van der Waals surface area contributed by atoms with Crippen LogP contribution in [0.1, 0.15) is 47.5 Å². The summed E-state index contributed by atoms with van der Waals surface area (Å²) in [6.45, 7) is 19.9. The van der Waals surface area contributed by atoms with Gasteiger partial charge in [0.05, 0.1) is 11.0 Å². The first-order chi connectivity index (χ1) is 13.4. The molecule has 144 valence electrons. The highest BCUT2D eigenvalue weighted by molar-refractivity contribution is 6.06. The van der Waals surface area contributed by atoms with Crippen molar-refractivity contribution in [3.05, 3.63) is 76.6 Å². The predicted octanol–water partition coefficient (Wildman–Crippen LogP) is 6.93.